The van der Waals surface area contributed by atoms with Crippen molar-refractivity contribution in [2.75, 3.05) is 24.6 Å². The van der Waals surface area contributed by atoms with Crippen LogP contribution >= 0.6 is 11.8 Å². The third-order valence-electron chi connectivity index (χ3n) is 4.60. The Hall–Kier alpha value is -2.14. The Bertz CT molecular complexity index is 714. The monoisotopic (exact) mass is 357 g/mol. The zero-order valence-electron chi connectivity index (χ0n) is 14.1. The van der Waals surface area contributed by atoms with Crippen molar-refractivity contribution in [1.29, 1.82) is 0 Å². The molecule has 2 aromatic carbocycles. The van der Waals surface area contributed by atoms with Gasteiger partial charge in [-0.15, -0.1) is 0 Å². The molecule has 0 bridgehead atoms. The highest BCUT2D eigenvalue weighted by molar-refractivity contribution is 7.99. The first-order valence-corrected chi connectivity index (χ1v) is 9.73. The first-order valence-electron chi connectivity index (χ1n) is 8.57. The van der Waals surface area contributed by atoms with Crippen LogP contribution < -0.4 is 0 Å². The third kappa shape index (κ3) is 4.48. The second-order valence-electron chi connectivity index (χ2n) is 6.24. The molecule has 25 heavy (non-hydrogen) atoms. The SMILES string of the molecule is O=C(CCC(c1ccccc1)c1cc(O)ccc1O)N1CCSCC1. The summed E-state index contributed by atoms with van der Waals surface area (Å²) in [5.41, 5.74) is 1.69. The fourth-order valence-electron chi connectivity index (χ4n) is 3.25. The molecule has 2 N–H and O–H groups in total. The van der Waals surface area contributed by atoms with Gasteiger partial charge in [-0.2, -0.15) is 11.8 Å². The van der Waals surface area contributed by atoms with Crippen molar-refractivity contribution in [3.05, 3.63) is 59.7 Å². The van der Waals surface area contributed by atoms with Gasteiger partial charge in [0.1, 0.15) is 11.5 Å². The van der Waals surface area contributed by atoms with Crippen LogP contribution in [0.1, 0.15) is 29.9 Å². The number of thioether (sulfide) groups is 1. The minimum Gasteiger partial charge on any atom is -0.508 e. The van der Waals surface area contributed by atoms with Crippen LogP contribution in [0.4, 0.5) is 0 Å². The molecule has 0 spiro atoms. The van der Waals surface area contributed by atoms with Gasteiger partial charge in [-0.3, -0.25) is 4.79 Å². The highest BCUT2D eigenvalue weighted by Gasteiger charge is 2.22. The summed E-state index contributed by atoms with van der Waals surface area (Å²) < 4.78 is 0. The Morgan fingerprint density at radius 1 is 1.08 bits per heavy atom. The zero-order chi connectivity index (χ0) is 17.6. The van der Waals surface area contributed by atoms with Crippen LogP contribution in [-0.4, -0.2) is 45.6 Å². The van der Waals surface area contributed by atoms with Gasteiger partial charge in [0.2, 0.25) is 5.91 Å². The lowest BCUT2D eigenvalue weighted by Crippen LogP contribution is -2.37. The molecule has 1 atom stereocenters. The number of rotatable bonds is 5. The molecule has 0 radical (unpaired) electrons. The third-order valence-corrected chi connectivity index (χ3v) is 5.54. The van der Waals surface area contributed by atoms with Crippen LogP contribution in [0.3, 0.4) is 0 Å². The van der Waals surface area contributed by atoms with E-state index in [0.717, 1.165) is 30.2 Å². The lowest BCUT2D eigenvalue weighted by Gasteiger charge is -2.27. The molecule has 4 nitrogen and oxygen atoms in total. The van der Waals surface area contributed by atoms with Crippen LogP contribution in [0, 0.1) is 0 Å². The molecule has 132 valence electrons. The zero-order valence-corrected chi connectivity index (χ0v) is 14.9. The van der Waals surface area contributed by atoms with E-state index in [1.807, 2.05) is 47.0 Å². The van der Waals surface area contributed by atoms with Crippen molar-refractivity contribution in [2.45, 2.75) is 18.8 Å². The summed E-state index contributed by atoms with van der Waals surface area (Å²) in [5.74, 6) is 2.31. The van der Waals surface area contributed by atoms with Gasteiger partial charge in [0.05, 0.1) is 0 Å². The molecule has 3 rings (SSSR count). The van der Waals surface area contributed by atoms with Gasteiger partial charge in [0.25, 0.3) is 0 Å². The van der Waals surface area contributed by atoms with Crippen LogP contribution in [0.5, 0.6) is 11.5 Å². The van der Waals surface area contributed by atoms with Gasteiger partial charge >= 0.3 is 0 Å². The number of phenolic OH excluding ortho intramolecular Hbond substituents is 2. The predicted molar refractivity (Wildman–Crippen MR) is 101 cm³/mol. The van der Waals surface area contributed by atoms with E-state index >= 15 is 0 Å². The molecule has 1 heterocycles. The van der Waals surface area contributed by atoms with E-state index in [1.165, 1.54) is 12.1 Å². The number of aromatic hydroxyl groups is 2. The molecular weight excluding hydrogens is 334 g/mol. The molecule has 0 saturated carbocycles. The maximum atomic E-state index is 12.5. The number of carbonyl (C=O) groups excluding carboxylic acids is 1. The minimum atomic E-state index is -0.128. The van der Waals surface area contributed by atoms with Crippen molar-refractivity contribution >= 4 is 17.7 Å². The summed E-state index contributed by atoms with van der Waals surface area (Å²) in [6.45, 7) is 1.63. The first-order chi connectivity index (χ1) is 12.1. The van der Waals surface area contributed by atoms with E-state index in [-0.39, 0.29) is 23.3 Å². The Kier molecular flexibility index (Phi) is 5.87. The summed E-state index contributed by atoms with van der Waals surface area (Å²) in [6.07, 6.45) is 1.03. The van der Waals surface area contributed by atoms with Crippen LogP contribution in [0.2, 0.25) is 0 Å². The van der Waals surface area contributed by atoms with E-state index in [9.17, 15) is 15.0 Å². The fourth-order valence-corrected chi connectivity index (χ4v) is 4.15. The number of hydrogen-bond acceptors (Lipinski definition) is 4. The van der Waals surface area contributed by atoms with Crippen molar-refractivity contribution in [1.82, 2.24) is 4.90 Å². The molecule has 1 amide bonds. The van der Waals surface area contributed by atoms with E-state index in [4.69, 9.17) is 0 Å². The fraction of sp³-hybridized carbons (Fsp3) is 0.350. The van der Waals surface area contributed by atoms with Crippen molar-refractivity contribution in [3.8, 4) is 11.5 Å². The average molecular weight is 357 g/mol. The van der Waals surface area contributed by atoms with E-state index in [0.29, 0.717) is 18.4 Å². The van der Waals surface area contributed by atoms with Gasteiger partial charge in [-0.25, -0.2) is 0 Å². The lowest BCUT2D eigenvalue weighted by atomic mass is 9.86. The molecule has 0 aromatic heterocycles. The number of nitrogens with zero attached hydrogens (tertiary/aromatic N) is 1. The molecule has 2 aromatic rings. The number of amides is 1. The maximum absolute atomic E-state index is 12.5. The Labute approximate surface area is 152 Å². The summed E-state index contributed by atoms with van der Waals surface area (Å²) in [7, 11) is 0. The number of phenols is 2. The average Bonchev–Trinajstić information content (AvgIpc) is 2.66. The summed E-state index contributed by atoms with van der Waals surface area (Å²) >= 11 is 1.88. The van der Waals surface area contributed by atoms with Crippen molar-refractivity contribution in [3.63, 3.8) is 0 Å². The minimum absolute atomic E-state index is 0.119. The van der Waals surface area contributed by atoms with Gasteiger partial charge in [-0.1, -0.05) is 30.3 Å². The van der Waals surface area contributed by atoms with E-state index in [2.05, 4.69) is 0 Å². The number of benzene rings is 2. The molecule has 5 heteroatoms. The van der Waals surface area contributed by atoms with Crippen LogP contribution in [-0.2, 0) is 4.79 Å². The highest BCUT2D eigenvalue weighted by atomic mass is 32.2. The predicted octanol–water partition coefficient (Wildman–Crippen LogP) is 3.59. The number of hydrogen-bond donors (Lipinski definition) is 2. The largest absolute Gasteiger partial charge is 0.508 e. The second kappa shape index (κ2) is 8.30. The highest BCUT2D eigenvalue weighted by Crippen LogP contribution is 2.36. The summed E-state index contributed by atoms with van der Waals surface area (Å²) in [6, 6.07) is 14.4. The second-order valence-corrected chi connectivity index (χ2v) is 7.46. The van der Waals surface area contributed by atoms with Gasteiger partial charge in [0, 0.05) is 42.5 Å². The van der Waals surface area contributed by atoms with Gasteiger partial charge in [0.15, 0.2) is 0 Å². The summed E-state index contributed by atoms with van der Waals surface area (Å²) in [4.78, 5) is 14.5. The van der Waals surface area contributed by atoms with Crippen LogP contribution in [0.15, 0.2) is 48.5 Å². The first kappa shape index (κ1) is 17.7. The smallest absolute Gasteiger partial charge is 0.222 e. The van der Waals surface area contributed by atoms with Crippen molar-refractivity contribution < 1.29 is 15.0 Å². The number of carbonyl (C=O) groups is 1. The Balaban J connectivity index is 1.80. The van der Waals surface area contributed by atoms with E-state index < -0.39 is 0 Å². The van der Waals surface area contributed by atoms with E-state index in [1.54, 1.807) is 6.07 Å². The lowest BCUT2D eigenvalue weighted by molar-refractivity contribution is -0.130. The van der Waals surface area contributed by atoms with Crippen LogP contribution in [0.25, 0.3) is 0 Å². The Morgan fingerprint density at radius 3 is 2.52 bits per heavy atom. The molecule has 1 saturated heterocycles. The normalized spacial score (nSPS) is 15.8. The van der Waals surface area contributed by atoms with Gasteiger partial charge in [-0.05, 0) is 30.2 Å². The topological polar surface area (TPSA) is 60.8 Å². The molecule has 1 aliphatic heterocycles. The maximum Gasteiger partial charge on any atom is 0.222 e. The molecule has 0 aliphatic carbocycles. The summed E-state index contributed by atoms with van der Waals surface area (Å²) in [5, 5.41) is 20.1. The molecular formula is C20H23NO3S. The molecule has 1 aliphatic rings. The van der Waals surface area contributed by atoms with Gasteiger partial charge < -0.3 is 15.1 Å². The molecule has 1 unspecified atom stereocenters. The molecule has 1 fully saturated rings. The quantitative estimate of drug-likeness (QED) is 0.803. The van der Waals surface area contributed by atoms with Crippen molar-refractivity contribution in [2.24, 2.45) is 0 Å². The Morgan fingerprint density at radius 2 is 1.80 bits per heavy atom. The standard InChI is InChI=1S/C20H23NO3S/c22-16-6-8-19(23)18(14-16)17(15-4-2-1-3-5-15)7-9-20(24)21-10-12-25-13-11-21/h1-6,8,14,17,22-23H,7,9-13H2.